The summed E-state index contributed by atoms with van der Waals surface area (Å²) in [6, 6.07) is 13.5. The van der Waals surface area contributed by atoms with Gasteiger partial charge in [-0.25, -0.2) is 4.79 Å². The number of carboxylic acids is 1. The van der Waals surface area contributed by atoms with Crippen molar-refractivity contribution in [2.45, 2.75) is 0 Å². The zero-order valence-corrected chi connectivity index (χ0v) is 18.9. The summed E-state index contributed by atoms with van der Waals surface area (Å²) >= 11 is 2.08. The summed E-state index contributed by atoms with van der Waals surface area (Å²) in [4.78, 5) is 28.9. The Morgan fingerprint density at radius 1 is 1.19 bits per heavy atom. The Bertz CT molecular complexity index is 1400. The van der Waals surface area contributed by atoms with Crippen molar-refractivity contribution < 1.29 is 22.3 Å². The number of phenolic OH excluding ortho intramolecular Hbond substituents is 1. The summed E-state index contributed by atoms with van der Waals surface area (Å²) in [7, 11) is 0. The number of alkyl halides is 1. The summed E-state index contributed by atoms with van der Waals surface area (Å²) in [6.45, 7) is 0. The van der Waals surface area contributed by atoms with E-state index in [1.165, 1.54) is 35.3 Å². The molecule has 0 aromatic heterocycles. The molecule has 31 heavy (non-hydrogen) atoms. The quantitative estimate of drug-likeness (QED) is 0.108. The number of rotatable bonds is 3. The molecule has 0 atom stereocenters. The van der Waals surface area contributed by atoms with E-state index < -0.39 is 27.5 Å². The maximum atomic E-state index is 11.9. The van der Waals surface area contributed by atoms with Crippen molar-refractivity contribution in [3.05, 3.63) is 70.4 Å². The Morgan fingerprint density at radius 2 is 1.90 bits per heavy atom. The average Bonchev–Trinajstić information content (AvgIpc) is 2.71. The molecule has 6 nitrogen and oxygen atoms in total. The molecule has 158 valence electrons. The summed E-state index contributed by atoms with van der Waals surface area (Å²) in [5.74, 6) is -0.861. The molecule has 9 heteroatoms. The number of hydrogen-bond acceptors (Lipinski definition) is 6. The number of fused-ring (bicyclic) bond motifs is 2. The molecular weight excluding hydrogens is 536 g/mol. The molecule has 0 radical (unpaired) electrons. The molecule has 0 bridgehead atoms. The van der Waals surface area contributed by atoms with Crippen LogP contribution in [0, 0.1) is 0 Å². The van der Waals surface area contributed by atoms with Crippen molar-refractivity contribution in [2.75, 3.05) is 4.93 Å². The molecule has 0 saturated carbocycles. The fraction of sp³-hybridized carbons (Fsp3) is 0.0455. The van der Waals surface area contributed by atoms with Crippen LogP contribution in [0.5, 0.6) is 5.75 Å². The minimum atomic E-state index is -2.51. The maximum absolute atomic E-state index is 11.9. The third-order valence-electron chi connectivity index (χ3n) is 4.35. The number of hydrogen-bond donors (Lipinski definition) is 2. The van der Waals surface area contributed by atoms with E-state index in [-0.39, 0.29) is 22.5 Å². The molecule has 1 heterocycles. The second kappa shape index (κ2) is 9.78. The Balaban J connectivity index is 0.000000668. The van der Waals surface area contributed by atoms with E-state index in [2.05, 4.69) is 22.4 Å². The van der Waals surface area contributed by atoms with E-state index in [0.717, 1.165) is 0 Å². The zero-order chi connectivity index (χ0) is 23.4. The summed E-state index contributed by atoms with van der Waals surface area (Å²) in [5.41, 5.74) is 2.03. The van der Waals surface area contributed by atoms with Crippen LogP contribution < -0.4 is 5.43 Å². The molecule has 2 N–H and O–H groups in total. The normalized spacial score (nSPS) is 11.2. The van der Waals surface area contributed by atoms with Crippen molar-refractivity contribution in [3.8, 4) is 28.2 Å². The van der Waals surface area contributed by atoms with Gasteiger partial charge in [0.2, 0.25) is 0 Å². The first-order chi connectivity index (χ1) is 15.2. The summed E-state index contributed by atoms with van der Waals surface area (Å²) in [5, 5.41) is 22.4. The van der Waals surface area contributed by atoms with Crippen molar-refractivity contribution in [1.82, 2.24) is 0 Å². The topological polar surface area (TPSA) is 100 Å². The number of carbonyl (C=O) groups is 1. The summed E-state index contributed by atoms with van der Waals surface area (Å²) < 4.78 is 22.7. The molecule has 1 aliphatic carbocycles. The SMILES string of the molecule is O=C(O)c1cc(N=C=S)ccc1-c1c2ccc(=O)cc-2oc2cc(O)ccc12.[3H]I(C)F. The van der Waals surface area contributed by atoms with E-state index in [4.69, 9.17) is 5.01 Å². The van der Waals surface area contributed by atoms with Gasteiger partial charge in [0.1, 0.15) is 17.1 Å². The third-order valence-corrected chi connectivity index (χ3v) is 4.45. The number of thiocarbonyl (C=S) groups is 1. The fourth-order valence-electron chi connectivity index (χ4n) is 3.20. The molecule has 2 aromatic carbocycles. The summed E-state index contributed by atoms with van der Waals surface area (Å²) in [6.07, 6.45) is 0. The van der Waals surface area contributed by atoms with Gasteiger partial charge in [-0.15, -0.1) is 0 Å². The van der Waals surface area contributed by atoms with Gasteiger partial charge in [0.15, 0.2) is 5.43 Å². The van der Waals surface area contributed by atoms with Crippen molar-refractivity contribution in [2.24, 2.45) is 4.99 Å². The Kier molecular flexibility index (Phi) is 6.66. The number of aromatic carboxylic acids is 1. The Morgan fingerprint density at radius 3 is 2.58 bits per heavy atom. The van der Waals surface area contributed by atoms with E-state index >= 15 is 0 Å². The van der Waals surface area contributed by atoms with Crippen LogP contribution in [0.2, 0.25) is 0 Å². The standard InChI is InChI=1S/C21H11NO5S.CH4FI/c23-12-2-5-15-18(8-12)27-19-9-13(24)3-6-16(19)20(15)14-4-1-11(22-10-28)7-17(14)21(25)26;1-3-2/h1-9,23H,(H,25,26);3H,1H3/i;3T. The van der Waals surface area contributed by atoms with E-state index in [1.54, 1.807) is 24.3 Å². The number of nitrogens with zero attached hydrogens (tertiary/aromatic N) is 1. The molecular formula is C22H15FINO5S. The van der Waals surface area contributed by atoms with Crippen LogP contribution in [0.15, 0.2) is 68.8 Å². The van der Waals surface area contributed by atoms with Gasteiger partial charge in [-0.3, -0.25) is 4.79 Å². The predicted molar refractivity (Wildman–Crippen MR) is 130 cm³/mol. The Hall–Kier alpha value is -3.14. The van der Waals surface area contributed by atoms with Gasteiger partial charge in [-0.05, 0) is 54.2 Å². The first kappa shape index (κ1) is 21.1. The molecule has 0 spiro atoms. The van der Waals surface area contributed by atoms with Crippen LogP contribution in [0.3, 0.4) is 0 Å². The molecule has 0 amide bonds. The number of halogens is 2. The van der Waals surface area contributed by atoms with Gasteiger partial charge >= 0.3 is 35.9 Å². The molecule has 1 aliphatic heterocycles. The number of benzene rings is 3. The molecule has 2 aromatic rings. The first-order valence-corrected chi connectivity index (χ1v) is 12.0. The van der Waals surface area contributed by atoms with Crippen LogP contribution >= 0.6 is 33.8 Å². The molecule has 0 saturated heterocycles. The first-order valence-electron chi connectivity index (χ1n) is 9.03. The van der Waals surface area contributed by atoms with Crippen LogP contribution in [0.4, 0.5) is 8.55 Å². The third kappa shape index (κ3) is 4.79. The van der Waals surface area contributed by atoms with Crippen LogP contribution in [0.25, 0.3) is 33.4 Å². The molecule has 0 unspecified atom stereocenters. The van der Waals surface area contributed by atoms with Crippen LogP contribution in [-0.4, -0.2) is 26.9 Å². The fourth-order valence-corrected chi connectivity index (χ4v) is 3.30. The predicted octanol–water partition coefficient (Wildman–Crippen LogP) is 5.91. The van der Waals surface area contributed by atoms with Gasteiger partial charge in [0.05, 0.1) is 16.4 Å². The van der Waals surface area contributed by atoms with E-state index in [1.807, 2.05) is 0 Å². The molecule has 0 fully saturated rings. The Labute approximate surface area is 192 Å². The van der Waals surface area contributed by atoms with Gasteiger partial charge in [0, 0.05) is 28.6 Å². The average molecular weight is 553 g/mol. The second-order valence-electron chi connectivity index (χ2n) is 6.20. The van der Waals surface area contributed by atoms with E-state index in [9.17, 15) is 22.7 Å². The van der Waals surface area contributed by atoms with Crippen LogP contribution in [0.1, 0.15) is 10.4 Å². The van der Waals surface area contributed by atoms with Gasteiger partial charge in [-0.1, -0.05) is 6.07 Å². The van der Waals surface area contributed by atoms with Gasteiger partial charge < -0.3 is 14.6 Å². The number of aromatic hydroxyl groups is 1. The minimum absolute atomic E-state index is 0.0102. The zero-order valence-electron chi connectivity index (χ0n) is 16.9. The van der Waals surface area contributed by atoms with Crippen molar-refractivity contribution >= 4 is 61.6 Å². The van der Waals surface area contributed by atoms with Gasteiger partial charge in [0.25, 0.3) is 0 Å². The number of phenols is 1. The number of aliphatic imine (C=N–C) groups is 1. The number of isothiocyanates is 1. The molecule has 2 aliphatic rings. The number of carboxylic acid groups (broad SMARTS) is 1. The monoisotopic (exact) mass is 553 g/mol. The van der Waals surface area contributed by atoms with Gasteiger partial charge in [-0.2, -0.15) is 4.99 Å². The second-order valence-corrected chi connectivity index (χ2v) is 7.19. The van der Waals surface area contributed by atoms with Crippen molar-refractivity contribution in [3.63, 3.8) is 0 Å². The van der Waals surface area contributed by atoms with Crippen LogP contribution in [-0.2, 0) is 0 Å². The van der Waals surface area contributed by atoms with Crippen molar-refractivity contribution in [1.29, 1.82) is 0.594 Å². The van der Waals surface area contributed by atoms with E-state index in [0.29, 0.717) is 33.3 Å². The molecule has 4 rings (SSSR count).